The lowest BCUT2D eigenvalue weighted by Crippen LogP contribution is -2.11. The minimum atomic E-state index is -1.17. The van der Waals surface area contributed by atoms with E-state index >= 15 is 0 Å². The van der Waals surface area contributed by atoms with Crippen molar-refractivity contribution in [1.29, 1.82) is 0 Å². The normalized spacial score (nSPS) is 12.2. The fraction of sp³-hybridized carbons (Fsp3) is 0.455. The molecule has 0 bridgehead atoms. The second-order valence-electron chi connectivity index (χ2n) is 3.93. The Morgan fingerprint density at radius 1 is 1.41 bits per heavy atom. The maximum atomic E-state index is 13.3. The first-order valence-electron chi connectivity index (χ1n) is 5.33. The van der Waals surface area contributed by atoms with Crippen molar-refractivity contribution >= 4 is 11.4 Å². The molecule has 0 spiro atoms. The number of halogens is 2. The van der Waals surface area contributed by atoms with E-state index in [1.165, 1.54) is 0 Å². The van der Waals surface area contributed by atoms with Crippen molar-refractivity contribution in [2.45, 2.75) is 20.3 Å². The van der Waals surface area contributed by atoms with E-state index < -0.39 is 22.2 Å². The van der Waals surface area contributed by atoms with Crippen LogP contribution in [0.15, 0.2) is 12.1 Å². The Bertz CT molecular complexity index is 424. The predicted octanol–water partition coefficient (Wildman–Crippen LogP) is 3.33. The second kappa shape index (κ2) is 5.56. The minimum absolute atomic E-state index is 0.0431. The Kier molecular flexibility index (Phi) is 4.37. The van der Waals surface area contributed by atoms with E-state index in [2.05, 4.69) is 5.32 Å². The number of hydrogen-bond donors (Lipinski definition) is 1. The molecule has 0 aromatic heterocycles. The highest BCUT2D eigenvalue weighted by Gasteiger charge is 2.18. The van der Waals surface area contributed by atoms with Crippen molar-refractivity contribution in [3.8, 4) is 0 Å². The molecule has 17 heavy (non-hydrogen) atoms. The third-order valence-corrected chi connectivity index (χ3v) is 2.57. The van der Waals surface area contributed by atoms with Crippen LogP contribution in [-0.4, -0.2) is 11.5 Å². The molecule has 0 aliphatic heterocycles. The van der Waals surface area contributed by atoms with Crippen LogP contribution in [0.4, 0.5) is 20.2 Å². The van der Waals surface area contributed by atoms with Gasteiger partial charge in [-0.05, 0) is 5.92 Å². The zero-order valence-electron chi connectivity index (χ0n) is 9.67. The van der Waals surface area contributed by atoms with Crippen LogP contribution in [0.3, 0.4) is 0 Å². The van der Waals surface area contributed by atoms with Crippen molar-refractivity contribution in [2.24, 2.45) is 5.92 Å². The molecule has 1 N–H and O–H groups in total. The summed E-state index contributed by atoms with van der Waals surface area (Å²) in [5.41, 5.74) is -0.767. The first-order chi connectivity index (χ1) is 7.95. The van der Waals surface area contributed by atoms with E-state index in [0.29, 0.717) is 18.5 Å². The van der Waals surface area contributed by atoms with E-state index in [0.717, 1.165) is 12.5 Å². The monoisotopic (exact) mass is 244 g/mol. The maximum absolute atomic E-state index is 13.3. The highest BCUT2D eigenvalue weighted by Crippen LogP contribution is 2.25. The molecule has 0 saturated heterocycles. The predicted molar refractivity (Wildman–Crippen MR) is 61.0 cm³/mol. The molecule has 6 heteroatoms. The Morgan fingerprint density at radius 2 is 2.06 bits per heavy atom. The number of rotatable bonds is 5. The molecule has 1 unspecified atom stereocenters. The lowest BCUT2D eigenvalue weighted by molar-refractivity contribution is -0.387. The van der Waals surface area contributed by atoms with E-state index in [1.54, 1.807) is 0 Å². The van der Waals surface area contributed by atoms with Gasteiger partial charge >= 0.3 is 5.69 Å². The molecular formula is C11H14F2N2O2. The highest BCUT2D eigenvalue weighted by atomic mass is 19.1. The van der Waals surface area contributed by atoms with Gasteiger partial charge in [-0.3, -0.25) is 10.1 Å². The van der Waals surface area contributed by atoms with Gasteiger partial charge in [0.15, 0.2) is 0 Å². The summed E-state index contributed by atoms with van der Waals surface area (Å²) in [6, 6.07) is 1.41. The quantitative estimate of drug-likeness (QED) is 0.638. The third-order valence-electron chi connectivity index (χ3n) is 2.57. The van der Waals surface area contributed by atoms with E-state index in [4.69, 9.17) is 0 Å². The summed E-state index contributed by atoms with van der Waals surface area (Å²) in [7, 11) is 0. The summed E-state index contributed by atoms with van der Waals surface area (Å²) < 4.78 is 26.4. The van der Waals surface area contributed by atoms with Crippen molar-refractivity contribution in [2.75, 3.05) is 11.9 Å². The molecule has 0 heterocycles. The summed E-state index contributed by atoms with van der Waals surface area (Å²) in [4.78, 5) is 9.62. The zero-order valence-corrected chi connectivity index (χ0v) is 9.67. The summed E-state index contributed by atoms with van der Waals surface area (Å²) in [6.45, 7) is 4.43. The molecule has 0 aliphatic rings. The lowest BCUT2D eigenvalue weighted by Gasteiger charge is -2.11. The SMILES string of the molecule is CCC(C)CNc1cc([N+](=O)[O-])c(F)cc1F. The molecule has 1 atom stereocenters. The molecule has 0 saturated carbocycles. The van der Waals surface area contributed by atoms with Crippen molar-refractivity contribution in [1.82, 2.24) is 0 Å². The molecule has 4 nitrogen and oxygen atoms in total. The molecule has 0 aliphatic carbocycles. The first kappa shape index (κ1) is 13.3. The van der Waals surface area contributed by atoms with Gasteiger partial charge in [0.1, 0.15) is 5.82 Å². The molecule has 1 rings (SSSR count). The smallest absolute Gasteiger partial charge is 0.307 e. The summed E-state index contributed by atoms with van der Waals surface area (Å²) in [5.74, 6) is -1.68. The van der Waals surface area contributed by atoms with Gasteiger partial charge in [0.05, 0.1) is 10.6 Å². The summed E-state index contributed by atoms with van der Waals surface area (Å²) in [5, 5.41) is 13.2. The Morgan fingerprint density at radius 3 is 2.59 bits per heavy atom. The van der Waals surface area contributed by atoms with Crippen LogP contribution in [0.5, 0.6) is 0 Å². The molecule has 94 valence electrons. The van der Waals surface area contributed by atoms with Gasteiger partial charge < -0.3 is 5.32 Å². The van der Waals surface area contributed by atoms with Gasteiger partial charge in [-0.1, -0.05) is 20.3 Å². The van der Waals surface area contributed by atoms with Crippen LogP contribution in [0.2, 0.25) is 0 Å². The van der Waals surface area contributed by atoms with Crippen LogP contribution in [-0.2, 0) is 0 Å². The molecule has 0 fully saturated rings. The van der Waals surface area contributed by atoms with E-state index in [1.807, 2.05) is 13.8 Å². The number of nitro groups is 1. The van der Waals surface area contributed by atoms with Gasteiger partial charge in [-0.2, -0.15) is 4.39 Å². The molecular weight excluding hydrogens is 230 g/mol. The minimum Gasteiger partial charge on any atom is -0.382 e. The van der Waals surface area contributed by atoms with Gasteiger partial charge in [0, 0.05) is 18.7 Å². The zero-order chi connectivity index (χ0) is 13.0. The average molecular weight is 244 g/mol. The molecule has 0 amide bonds. The average Bonchev–Trinajstić information content (AvgIpc) is 2.26. The molecule has 1 aromatic carbocycles. The van der Waals surface area contributed by atoms with Crippen LogP contribution >= 0.6 is 0 Å². The topological polar surface area (TPSA) is 55.2 Å². The van der Waals surface area contributed by atoms with Gasteiger partial charge in [0.25, 0.3) is 0 Å². The fourth-order valence-electron chi connectivity index (χ4n) is 1.24. The lowest BCUT2D eigenvalue weighted by atomic mass is 10.1. The number of nitro benzene ring substituents is 1. The first-order valence-corrected chi connectivity index (χ1v) is 5.33. The molecule has 0 radical (unpaired) electrons. The van der Waals surface area contributed by atoms with Crippen molar-refractivity contribution in [3.63, 3.8) is 0 Å². The maximum Gasteiger partial charge on any atom is 0.307 e. The standard InChI is InChI=1S/C11H14F2N2O2/c1-3-7(2)6-14-10-5-11(15(16)17)9(13)4-8(10)12/h4-5,7,14H,3,6H2,1-2H3. The number of hydrogen-bond acceptors (Lipinski definition) is 3. The van der Waals surface area contributed by atoms with Crippen molar-refractivity contribution in [3.05, 3.63) is 33.9 Å². The number of benzene rings is 1. The number of nitrogens with zero attached hydrogens (tertiary/aromatic N) is 1. The van der Waals surface area contributed by atoms with E-state index in [-0.39, 0.29) is 5.69 Å². The summed E-state index contributed by atoms with van der Waals surface area (Å²) >= 11 is 0. The van der Waals surface area contributed by atoms with E-state index in [9.17, 15) is 18.9 Å². The highest BCUT2D eigenvalue weighted by molar-refractivity contribution is 5.53. The Labute approximate surface area is 97.8 Å². The summed E-state index contributed by atoms with van der Waals surface area (Å²) in [6.07, 6.45) is 0.901. The van der Waals surface area contributed by atoms with Crippen LogP contribution in [0.25, 0.3) is 0 Å². The largest absolute Gasteiger partial charge is 0.382 e. The molecule has 1 aromatic rings. The van der Waals surface area contributed by atoms with Crippen LogP contribution in [0, 0.1) is 27.7 Å². The Balaban J connectivity index is 2.92. The van der Waals surface area contributed by atoms with Gasteiger partial charge in [0.2, 0.25) is 5.82 Å². The third kappa shape index (κ3) is 3.37. The van der Waals surface area contributed by atoms with Crippen molar-refractivity contribution < 1.29 is 13.7 Å². The van der Waals surface area contributed by atoms with Crippen LogP contribution < -0.4 is 5.32 Å². The number of anilines is 1. The van der Waals surface area contributed by atoms with Gasteiger partial charge in [-0.15, -0.1) is 0 Å². The van der Waals surface area contributed by atoms with Crippen LogP contribution in [0.1, 0.15) is 20.3 Å². The second-order valence-corrected chi connectivity index (χ2v) is 3.93. The number of nitrogens with one attached hydrogen (secondary N) is 1. The Hall–Kier alpha value is -1.72. The van der Waals surface area contributed by atoms with Gasteiger partial charge in [-0.25, -0.2) is 4.39 Å². The fourth-order valence-corrected chi connectivity index (χ4v) is 1.24.